The van der Waals surface area contributed by atoms with Crippen molar-refractivity contribution in [2.24, 2.45) is 0 Å². The smallest absolute Gasteiger partial charge is 0.258 e. The van der Waals surface area contributed by atoms with Gasteiger partial charge in [-0.3, -0.25) is 4.79 Å². The quantitative estimate of drug-likeness (QED) is 0.484. The molecule has 4 heterocycles. The summed E-state index contributed by atoms with van der Waals surface area (Å²) >= 11 is 6.37. The van der Waals surface area contributed by atoms with Gasteiger partial charge in [-0.2, -0.15) is 0 Å². The first-order valence-corrected chi connectivity index (χ1v) is 13.7. The third-order valence-electron chi connectivity index (χ3n) is 6.42. The van der Waals surface area contributed by atoms with Crippen LogP contribution in [0.5, 0.6) is 5.88 Å². The molecule has 2 aliphatic heterocycles. The highest BCUT2D eigenvalue weighted by atomic mass is 35.5. The summed E-state index contributed by atoms with van der Waals surface area (Å²) in [6.07, 6.45) is 5.41. The molecule has 11 heteroatoms. The Labute approximate surface area is 198 Å². The number of ether oxygens (including phenoxy) is 3. The van der Waals surface area contributed by atoms with E-state index in [1.54, 1.807) is 10.6 Å². The van der Waals surface area contributed by atoms with Crippen molar-refractivity contribution < 1.29 is 22.6 Å². The Balaban J connectivity index is 1.55. The zero-order valence-electron chi connectivity index (χ0n) is 18.8. The minimum absolute atomic E-state index is 0.0856. The topological polar surface area (TPSA) is 110 Å². The summed E-state index contributed by atoms with van der Waals surface area (Å²) in [5.41, 5.74) is 0.981. The van der Waals surface area contributed by atoms with Gasteiger partial charge in [0.05, 0.1) is 31.8 Å². The highest BCUT2D eigenvalue weighted by molar-refractivity contribution is 7.91. The summed E-state index contributed by atoms with van der Waals surface area (Å²) in [6.45, 7) is 1.82. The van der Waals surface area contributed by atoms with E-state index in [2.05, 4.69) is 10.2 Å². The first-order chi connectivity index (χ1) is 15.9. The number of rotatable bonds is 9. The summed E-state index contributed by atoms with van der Waals surface area (Å²) in [6, 6.07) is 1.75. The first-order valence-electron chi connectivity index (χ1n) is 11.5. The van der Waals surface area contributed by atoms with Crippen LogP contribution in [0.3, 0.4) is 0 Å². The predicted molar refractivity (Wildman–Crippen MR) is 125 cm³/mol. The van der Waals surface area contributed by atoms with Gasteiger partial charge in [0, 0.05) is 17.5 Å². The molecule has 2 fully saturated rings. The van der Waals surface area contributed by atoms with Crippen LogP contribution in [0.2, 0.25) is 5.15 Å². The number of hydrogen-bond donors (Lipinski definition) is 0. The summed E-state index contributed by atoms with van der Waals surface area (Å²) in [7, 11) is -1.55. The fourth-order valence-corrected chi connectivity index (χ4v) is 6.29. The van der Waals surface area contributed by atoms with E-state index in [0.29, 0.717) is 49.1 Å². The van der Waals surface area contributed by atoms with Gasteiger partial charge in [-0.05, 0) is 44.1 Å². The molecule has 0 aliphatic carbocycles. The Hall–Kier alpha value is -1.75. The van der Waals surface area contributed by atoms with Crippen LogP contribution in [-0.4, -0.2) is 61.3 Å². The number of aromatic nitrogens is 3. The third-order valence-corrected chi connectivity index (χ3v) is 8.42. The van der Waals surface area contributed by atoms with Crippen molar-refractivity contribution in [3.05, 3.63) is 27.1 Å². The van der Waals surface area contributed by atoms with E-state index in [9.17, 15) is 13.2 Å². The molecule has 2 saturated heterocycles. The fourth-order valence-electron chi connectivity index (χ4n) is 4.62. The van der Waals surface area contributed by atoms with Crippen molar-refractivity contribution in [2.75, 3.05) is 31.8 Å². The van der Waals surface area contributed by atoms with Crippen molar-refractivity contribution >= 4 is 32.3 Å². The number of hydrogen-bond acceptors (Lipinski definition) is 8. The highest BCUT2D eigenvalue weighted by Crippen LogP contribution is 2.33. The van der Waals surface area contributed by atoms with Crippen molar-refractivity contribution in [1.82, 2.24) is 14.8 Å². The van der Waals surface area contributed by atoms with Crippen LogP contribution in [0, 0.1) is 0 Å². The van der Waals surface area contributed by atoms with Gasteiger partial charge in [0.15, 0.2) is 11.4 Å². The zero-order valence-corrected chi connectivity index (χ0v) is 20.4. The average Bonchev–Trinajstić information content (AvgIpc) is 3.31. The highest BCUT2D eigenvalue weighted by Gasteiger charge is 2.28. The molecule has 0 N–H and O–H groups in total. The molecule has 0 saturated carbocycles. The van der Waals surface area contributed by atoms with Gasteiger partial charge in [0.25, 0.3) is 11.4 Å². The Morgan fingerprint density at radius 1 is 1.12 bits per heavy atom. The number of methoxy groups -OCH3 is 1. The summed E-state index contributed by atoms with van der Waals surface area (Å²) in [5, 5.41) is 8.79. The van der Waals surface area contributed by atoms with Crippen LogP contribution in [0.25, 0.3) is 10.9 Å². The molecule has 0 bridgehead atoms. The number of fused-ring (bicyclic) bond motifs is 1. The molecular weight excluding hydrogens is 470 g/mol. The standard InChI is InChI=1S/C22H30ClN3O6S/c1-30-21-19-17(20(23)24-25-21)14-16(15-7-12-33(28,29)13-8-15)22(27)26(19)9-5-3-2-4-6-18-31-10-11-32-18/h14-15,18H,2-13H2,1H3. The number of nitrogens with zero attached hydrogens (tertiary/aromatic N) is 3. The van der Waals surface area contributed by atoms with Crippen LogP contribution in [0.1, 0.15) is 56.4 Å². The Morgan fingerprint density at radius 3 is 2.52 bits per heavy atom. The second-order valence-electron chi connectivity index (χ2n) is 8.62. The molecule has 2 aromatic rings. The fraction of sp³-hybridized carbons (Fsp3) is 0.682. The lowest BCUT2D eigenvalue weighted by molar-refractivity contribution is -0.0480. The summed E-state index contributed by atoms with van der Waals surface area (Å²) in [5.74, 6) is 0.308. The van der Waals surface area contributed by atoms with Gasteiger partial charge in [0.2, 0.25) is 0 Å². The Morgan fingerprint density at radius 2 is 1.82 bits per heavy atom. The molecule has 2 aromatic heterocycles. The lowest BCUT2D eigenvalue weighted by Gasteiger charge is -2.23. The van der Waals surface area contributed by atoms with Crippen molar-refractivity contribution in [3.63, 3.8) is 0 Å². The minimum atomic E-state index is -3.03. The molecule has 182 valence electrons. The molecule has 0 spiro atoms. The molecular formula is C22H30ClN3O6S. The van der Waals surface area contributed by atoms with Crippen LogP contribution >= 0.6 is 11.6 Å². The van der Waals surface area contributed by atoms with Gasteiger partial charge >= 0.3 is 0 Å². The van der Waals surface area contributed by atoms with E-state index in [4.69, 9.17) is 25.8 Å². The molecule has 0 aromatic carbocycles. The largest absolute Gasteiger partial charge is 0.478 e. The second kappa shape index (κ2) is 10.7. The molecule has 33 heavy (non-hydrogen) atoms. The van der Waals surface area contributed by atoms with E-state index in [1.165, 1.54) is 7.11 Å². The van der Waals surface area contributed by atoms with E-state index in [-0.39, 0.29) is 40.3 Å². The molecule has 0 unspecified atom stereocenters. The summed E-state index contributed by atoms with van der Waals surface area (Å²) < 4.78 is 41.8. The monoisotopic (exact) mass is 499 g/mol. The van der Waals surface area contributed by atoms with Crippen LogP contribution < -0.4 is 10.3 Å². The normalized spacial score (nSPS) is 19.3. The maximum absolute atomic E-state index is 13.6. The van der Waals surface area contributed by atoms with Gasteiger partial charge in [-0.1, -0.05) is 24.4 Å². The van der Waals surface area contributed by atoms with Crippen LogP contribution in [0.15, 0.2) is 10.9 Å². The third kappa shape index (κ3) is 5.67. The van der Waals surface area contributed by atoms with Crippen molar-refractivity contribution in [2.45, 2.75) is 63.7 Å². The van der Waals surface area contributed by atoms with Gasteiger partial charge < -0.3 is 18.8 Å². The zero-order chi connectivity index (χ0) is 23.4. The molecule has 0 radical (unpaired) electrons. The lowest BCUT2D eigenvalue weighted by atomic mass is 9.93. The number of pyridine rings is 1. The molecule has 0 amide bonds. The van der Waals surface area contributed by atoms with Crippen molar-refractivity contribution in [3.8, 4) is 5.88 Å². The lowest BCUT2D eigenvalue weighted by Crippen LogP contribution is -2.30. The average molecular weight is 500 g/mol. The molecule has 4 rings (SSSR count). The van der Waals surface area contributed by atoms with E-state index in [0.717, 1.165) is 32.1 Å². The van der Waals surface area contributed by atoms with E-state index >= 15 is 0 Å². The number of sulfone groups is 1. The predicted octanol–water partition coefficient (Wildman–Crippen LogP) is 3.07. The maximum Gasteiger partial charge on any atom is 0.258 e. The number of unbranched alkanes of at least 4 members (excludes halogenated alkanes) is 3. The molecule has 0 atom stereocenters. The number of halogens is 1. The second-order valence-corrected chi connectivity index (χ2v) is 11.3. The first kappa shape index (κ1) is 24.4. The van der Waals surface area contributed by atoms with E-state index in [1.807, 2.05) is 0 Å². The maximum atomic E-state index is 13.6. The van der Waals surface area contributed by atoms with Crippen LogP contribution in [0.4, 0.5) is 0 Å². The van der Waals surface area contributed by atoms with Gasteiger partial charge in [0.1, 0.15) is 15.4 Å². The summed E-state index contributed by atoms with van der Waals surface area (Å²) in [4.78, 5) is 13.6. The van der Waals surface area contributed by atoms with Crippen LogP contribution in [-0.2, 0) is 25.9 Å². The Bertz CT molecular complexity index is 1130. The van der Waals surface area contributed by atoms with Gasteiger partial charge in [-0.25, -0.2) is 8.42 Å². The van der Waals surface area contributed by atoms with Crippen molar-refractivity contribution in [1.29, 1.82) is 0 Å². The molecule has 2 aliphatic rings. The number of aryl methyl sites for hydroxylation is 1. The molecule has 9 nitrogen and oxygen atoms in total. The Kier molecular flexibility index (Phi) is 7.88. The SMILES string of the molecule is COc1nnc(Cl)c2cc(C3CCS(=O)(=O)CC3)c(=O)n(CCCCCCC3OCCO3)c12. The minimum Gasteiger partial charge on any atom is -0.478 e. The van der Waals surface area contributed by atoms with E-state index < -0.39 is 9.84 Å². The van der Waals surface area contributed by atoms with Gasteiger partial charge in [-0.15, -0.1) is 10.2 Å².